The summed E-state index contributed by atoms with van der Waals surface area (Å²) in [5.41, 5.74) is 0.763. The molecule has 20 heavy (non-hydrogen) atoms. The topological polar surface area (TPSA) is 60.2 Å². The van der Waals surface area contributed by atoms with Crippen LogP contribution < -0.4 is 0 Å². The zero-order chi connectivity index (χ0) is 14.5. The highest BCUT2D eigenvalue weighted by molar-refractivity contribution is 5.86. The molecule has 2 heterocycles. The molecule has 1 saturated heterocycles. The molecule has 6 heteroatoms. The molecule has 1 aliphatic rings. The Morgan fingerprint density at radius 3 is 2.55 bits per heavy atom. The van der Waals surface area contributed by atoms with Gasteiger partial charge in [0.15, 0.2) is 0 Å². The molecule has 1 aliphatic heterocycles. The van der Waals surface area contributed by atoms with Gasteiger partial charge in [0.25, 0.3) is 0 Å². The molecule has 1 N–H and O–H groups in total. The minimum absolute atomic E-state index is 0.0695. The molecule has 0 atom stereocenters. The number of piperazine rings is 1. The fourth-order valence-corrected chi connectivity index (χ4v) is 2.40. The monoisotopic (exact) mass is 281 g/mol. The van der Waals surface area contributed by atoms with Crippen LogP contribution >= 0.6 is 0 Å². The minimum Gasteiger partial charge on any atom is -0.475 e. The summed E-state index contributed by atoms with van der Waals surface area (Å²) in [7, 11) is 4.17. The van der Waals surface area contributed by atoms with Crippen molar-refractivity contribution >= 4 is 5.97 Å². The van der Waals surface area contributed by atoms with Crippen molar-refractivity contribution in [3.63, 3.8) is 0 Å². The average molecular weight is 281 g/mol. The Hall–Kier alpha value is -1.37. The summed E-state index contributed by atoms with van der Waals surface area (Å²) in [5.74, 6) is -0.922. The standard InChI is InChI=1S/C14H23N3O3/c1-15(2)4-5-16-6-8-17(9-7-16)11-12-3-10-20-13(12)14(18)19/h3,10H,4-9,11H2,1-2H3,(H,18,19). The van der Waals surface area contributed by atoms with Crippen molar-refractivity contribution < 1.29 is 14.3 Å². The lowest BCUT2D eigenvalue weighted by Gasteiger charge is -2.35. The van der Waals surface area contributed by atoms with E-state index in [0.717, 1.165) is 44.8 Å². The van der Waals surface area contributed by atoms with Crippen LogP contribution in [-0.2, 0) is 6.54 Å². The van der Waals surface area contributed by atoms with E-state index in [1.165, 1.54) is 6.26 Å². The van der Waals surface area contributed by atoms with Crippen LogP contribution in [0.4, 0.5) is 0 Å². The van der Waals surface area contributed by atoms with E-state index in [2.05, 4.69) is 28.8 Å². The molecule has 0 saturated carbocycles. The molecule has 0 unspecified atom stereocenters. The number of hydrogen-bond donors (Lipinski definition) is 1. The number of carbonyl (C=O) groups is 1. The van der Waals surface area contributed by atoms with E-state index in [0.29, 0.717) is 6.54 Å². The summed E-state index contributed by atoms with van der Waals surface area (Å²) in [4.78, 5) is 17.9. The van der Waals surface area contributed by atoms with Crippen LogP contribution in [0.5, 0.6) is 0 Å². The van der Waals surface area contributed by atoms with E-state index in [1.807, 2.05) is 0 Å². The highest BCUT2D eigenvalue weighted by atomic mass is 16.4. The third-order valence-electron chi connectivity index (χ3n) is 3.66. The van der Waals surface area contributed by atoms with Crippen LogP contribution in [0.25, 0.3) is 0 Å². The van der Waals surface area contributed by atoms with E-state index in [1.54, 1.807) is 6.07 Å². The van der Waals surface area contributed by atoms with Crippen molar-refractivity contribution in [1.82, 2.24) is 14.7 Å². The number of hydrogen-bond acceptors (Lipinski definition) is 5. The quantitative estimate of drug-likeness (QED) is 0.826. The van der Waals surface area contributed by atoms with Crippen LogP contribution in [0, 0.1) is 0 Å². The number of rotatable bonds is 6. The predicted octanol–water partition coefficient (Wildman–Crippen LogP) is 0.657. The fourth-order valence-electron chi connectivity index (χ4n) is 2.40. The van der Waals surface area contributed by atoms with Crippen LogP contribution in [0.15, 0.2) is 16.7 Å². The zero-order valence-corrected chi connectivity index (χ0v) is 12.2. The first-order chi connectivity index (χ1) is 9.56. The molecule has 2 rings (SSSR count). The van der Waals surface area contributed by atoms with Gasteiger partial charge in [-0.15, -0.1) is 0 Å². The lowest BCUT2D eigenvalue weighted by atomic mass is 10.2. The van der Waals surface area contributed by atoms with Gasteiger partial charge in [-0.3, -0.25) is 9.80 Å². The van der Waals surface area contributed by atoms with E-state index < -0.39 is 5.97 Å². The maximum Gasteiger partial charge on any atom is 0.372 e. The van der Waals surface area contributed by atoms with Gasteiger partial charge in [-0.1, -0.05) is 0 Å². The Kier molecular flexibility index (Phi) is 5.17. The number of carboxylic acid groups (broad SMARTS) is 1. The Morgan fingerprint density at radius 2 is 1.95 bits per heavy atom. The highest BCUT2D eigenvalue weighted by Gasteiger charge is 2.20. The number of nitrogens with zero attached hydrogens (tertiary/aromatic N) is 3. The average Bonchev–Trinajstić information content (AvgIpc) is 2.86. The Balaban J connectivity index is 1.79. The van der Waals surface area contributed by atoms with Crippen molar-refractivity contribution in [2.24, 2.45) is 0 Å². The molecule has 0 aliphatic carbocycles. The van der Waals surface area contributed by atoms with Crippen LogP contribution in [0.2, 0.25) is 0 Å². The first-order valence-corrected chi connectivity index (χ1v) is 6.95. The molecule has 1 aromatic rings. The van der Waals surface area contributed by atoms with Gasteiger partial charge in [0.1, 0.15) is 0 Å². The SMILES string of the molecule is CN(C)CCN1CCN(Cc2ccoc2C(=O)O)CC1. The molecule has 0 radical (unpaired) electrons. The molecule has 0 aromatic carbocycles. The maximum atomic E-state index is 11.0. The largest absolute Gasteiger partial charge is 0.475 e. The maximum absolute atomic E-state index is 11.0. The van der Waals surface area contributed by atoms with Crippen molar-refractivity contribution in [3.8, 4) is 0 Å². The second-order valence-electron chi connectivity index (χ2n) is 5.50. The number of aromatic carboxylic acids is 1. The first kappa shape index (κ1) is 15.0. The third-order valence-corrected chi connectivity index (χ3v) is 3.66. The van der Waals surface area contributed by atoms with Crippen LogP contribution in [0.3, 0.4) is 0 Å². The van der Waals surface area contributed by atoms with Gasteiger partial charge < -0.3 is 14.4 Å². The van der Waals surface area contributed by atoms with Crippen LogP contribution in [-0.4, -0.2) is 79.1 Å². The Labute approximate surface area is 119 Å². The zero-order valence-electron chi connectivity index (χ0n) is 12.2. The Bertz CT molecular complexity index is 437. The van der Waals surface area contributed by atoms with Gasteiger partial charge in [0.05, 0.1) is 6.26 Å². The molecular weight excluding hydrogens is 258 g/mol. The van der Waals surface area contributed by atoms with E-state index in [9.17, 15) is 4.79 Å². The highest BCUT2D eigenvalue weighted by Crippen LogP contribution is 2.14. The van der Waals surface area contributed by atoms with Crippen molar-refractivity contribution in [3.05, 3.63) is 23.7 Å². The van der Waals surface area contributed by atoms with Gasteiger partial charge in [-0.25, -0.2) is 4.79 Å². The second kappa shape index (κ2) is 6.88. The van der Waals surface area contributed by atoms with Crippen molar-refractivity contribution in [2.45, 2.75) is 6.54 Å². The summed E-state index contributed by atoms with van der Waals surface area (Å²) < 4.78 is 5.01. The second-order valence-corrected chi connectivity index (χ2v) is 5.50. The fraction of sp³-hybridized carbons (Fsp3) is 0.643. The van der Waals surface area contributed by atoms with Crippen molar-refractivity contribution in [2.75, 3.05) is 53.4 Å². The van der Waals surface area contributed by atoms with E-state index in [4.69, 9.17) is 9.52 Å². The predicted molar refractivity (Wildman–Crippen MR) is 75.9 cm³/mol. The van der Waals surface area contributed by atoms with Gasteiger partial charge in [0.2, 0.25) is 5.76 Å². The normalized spacial score (nSPS) is 17.8. The Morgan fingerprint density at radius 1 is 1.30 bits per heavy atom. The number of carboxylic acids is 1. The van der Waals surface area contributed by atoms with E-state index >= 15 is 0 Å². The van der Waals surface area contributed by atoms with Gasteiger partial charge in [-0.2, -0.15) is 0 Å². The smallest absolute Gasteiger partial charge is 0.372 e. The minimum atomic E-state index is -0.991. The summed E-state index contributed by atoms with van der Waals surface area (Å²) >= 11 is 0. The molecule has 1 fully saturated rings. The molecule has 0 bridgehead atoms. The molecule has 0 amide bonds. The molecule has 0 spiro atoms. The first-order valence-electron chi connectivity index (χ1n) is 6.95. The number of likely N-dealkylation sites (N-methyl/N-ethyl adjacent to an activating group) is 1. The lowest BCUT2D eigenvalue weighted by molar-refractivity contribution is 0.0657. The number of furan rings is 1. The summed E-state index contributed by atoms with van der Waals surface area (Å²) in [6.45, 7) is 6.83. The molecular formula is C14H23N3O3. The molecule has 112 valence electrons. The van der Waals surface area contributed by atoms with Gasteiger partial charge in [0, 0.05) is 51.4 Å². The molecule has 1 aromatic heterocycles. The van der Waals surface area contributed by atoms with Crippen molar-refractivity contribution in [1.29, 1.82) is 0 Å². The summed E-state index contributed by atoms with van der Waals surface area (Å²) in [6.07, 6.45) is 1.45. The summed E-state index contributed by atoms with van der Waals surface area (Å²) in [5, 5.41) is 9.02. The molecule has 6 nitrogen and oxygen atoms in total. The van der Waals surface area contributed by atoms with Gasteiger partial charge >= 0.3 is 5.97 Å². The van der Waals surface area contributed by atoms with E-state index in [-0.39, 0.29) is 5.76 Å². The van der Waals surface area contributed by atoms with Crippen LogP contribution in [0.1, 0.15) is 16.1 Å². The third kappa shape index (κ3) is 4.06. The lowest BCUT2D eigenvalue weighted by Crippen LogP contribution is -2.47. The van der Waals surface area contributed by atoms with Gasteiger partial charge in [-0.05, 0) is 20.2 Å². The summed E-state index contributed by atoms with van der Waals surface area (Å²) in [6, 6.07) is 1.75.